The van der Waals surface area contributed by atoms with Gasteiger partial charge in [-0.25, -0.2) is 0 Å². The predicted molar refractivity (Wildman–Crippen MR) is 26.8 cm³/mol. The van der Waals surface area contributed by atoms with Crippen molar-refractivity contribution in [3.63, 3.8) is 0 Å². The molecule has 0 aromatic heterocycles. The predicted octanol–water partition coefficient (Wildman–Crippen LogP) is 0.859. The van der Waals surface area contributed by atoms with Crippen molar-refractivity contribution in [3.05, 3.63) is 23.1 Å². The van der Waals surface area contributed by atoms with Crippen molar-refractivity contribution < 1.29 is 3.83 Å². The van der Waals surface area contributed by atoms with Gasteiger partial charge in [-0.2, -0.15) is 0 Å². The third-order valence-corrected chi connectivity index (χ3v) is 1.71. The Labute approximate surface area is 41.5 Å². The van der Waals surface area contributed by atoms with Crippen LogP contribution in [0.4, 0.5) is 0 Å². The fraction of sp³-hybridized carbons (Fsp3) is 0. The van der Waals surface area contributed by atoms with Crippen LogP contribution in [0.2, 0.25) is 0 Å². The summed E-state index contributed by atoms with van der Waals surface area (Å²) in [5.74, 6) is 0. The van der Waals surface area contributed by atoms with Crippen molar-refractivity contribution in [2.24, 2.45) is 0 Å². The first kappa shape index (κ1) is 5.80. The summed E-state index contributed by atoms with van der Waals surface area (Å²) >= 11 is -1.77. The summed E-state index contributed by atoms with van der Waals surface area (Å²) in [5, 5.41) is 0. The van der Waals surface area contributed by atoms with Crippen molar-refractivity contribution in [2.75, 3.05) is 0 Å². The zero-order valence-electron chi connectivity index (χ0n) is 3.39. The van der Waals surface area contributed by atoms with Gasteiger partial charge in [-0.15, -0.1) is 0 Å². The average Bonchev–Trinajstić information content (AvgIpc) is 1.65. The molecule has 34 valence electrons. The summed E-state index contributed by atoms with van der Waals surface area (Å²) < 4.78 is 10.2. The third-order valence-electron chi connectivity index (χ3n) is 0.329. The minimum absolute atomic E-state index is 1.42. The van der Waals surface area contributed by atoms with Gasteiger partial charge in [-0.3, -0.25) is 0 Å². The summed E-state index contributed by atoms with van der Waals surface area (Å²) in [5.41, 5.74) is 0. The Balaban J connectivity index is 3.52. The Morgan fingerprint density at radius 2 is 1.67 bits per heavy atom. The van der Waals surface area contributed by atoms with Gasteiger partial charge in [0.25, 0.3) is 0 Å². The molecule has 6 heavy (non-hydrogen) atoms. The van der Waals surface area contributed by atoms with Crippen LogP contribution < -0.4 is 0 Å². The van der Waals surface area contributed by atoms with E-state index in [4.69, 9.17) is 0 Å². The standard InChI is InChI=1S/C4H6OSe/c1-3-6(5)4-2/h3-4H,1-2H2. The molecule has 0 rings (SSSR count). The van der Waals surface area contributed by atoms with E-state index < -0.39 is 13.8 Å². The van der Waals surface area contributed by atoms with Crippen molar-refractivity contribution in [1.29, 1.82) is 0 Å². The van der Waals surface area contributed by atoms with Gasteiger partial charge in [-0.05, 0) is 0 Å². The van der Waals surface area contributed by atoms with E-state index in [1.807, 2.05) is 0 Å². The molecule has 0 bridgehead atoms. The zero-order valence-corrected chi connectivity index (χ0v) is 5.10. The molecule has 2 heteroatoms. The van der Waals surface area contributed by atoms with E-state index in [0.717, 1.165) is 0 Å². The summed E-state index contributed by atoms with van der Waals surface area (Å²) in [6.07, 6.45) is 0. The van der Waals surface area contributed by atoms with E-state index in [1.54, 1.807) is 0 Å². The van der Waals surface area contributed by atoms with Crippen molar-refractivity contribution in [2.45, 2.75) is 0 Å². The maximum absolute atomic E-state index is 10.2. The van der Waals surface area contributed by atoms with E-state index >= 15 is 0 Å². The van der Waals surface area contributed by atoms with Crippen molar-refractivity contribution >= 4 is 13.8 Å². The maximum atomic E-state index is 10.2. The van der Waals surface area contributed by atoms with Gasteiger partial charge in [0.2, 0.25) is 0 Å². The Bertz CT molecular complexity index is 75.5. The molecule has 0 saturated carbocycles. The van der Waals surface area contributed by atoms with Crippen LogP contribution in [0.3, 0.4) is 0 Å². The molecule has 0 radical (unpaired) electrons. The second-order valence-corrected chi connectivity index (χ2v) is 3.44. The second-order valence-electron chi connectivity index (χ2n) is 0.662. The van der Waals surface area contributed by atoms with Gasteiger partial charge in [-0.1, -0.05) is 0 Å². The van der Waals surface area contributed by atoms with Gasteiger partial charge in [0.05, 0.1) is 0 Å². The third kappa shape index (κ3) is 2.06. The normalized spacial score (nSPS) is 8.17. The fourth-order valence-corrected chi connectivity index (χ4v) is 0.354. The van der Waals surface area contributed by atoms with E-state index in [-0.39, 0.29) is 0 Å². The van der Waals surface area contributed by atoms with Crippen LogP contribution in [-0.2, 0) is 3.83 Å². The van der Waals surface area contributed by atoms with E-state index in [1.165, 1.54) is 9.95 Å². The molecule has 0 spiro atoms. The van der Waals surface area contributed by atoms with Crippen LogP contribution in [0.5, 0.6) is 0 Å². The molecule has 0 heterocycles. The molecule has 0 aliphatic heterocycles. The second kappa shape index (κ2) is 3.01. The Hall–Kier alpha value is -0.201. The van der Waals surface area contributed by atoms with Gasteiger partial charge in [0.15, 0.2) is 0 Å². The molecule has 0 amide bonds. The van der Waals surface area contributed by atoms with Crippen LogP contribution in [0.1, 0.15) is 0 Å². The van der Waals surface area contributed by atoms with Crippen molar-refractivity contribution in [1.82, 2.24) is 0 Å². The first-order valence-corrected chi connectivity index (χ1v) is 4.13. The van der Waals surface area contributed by atoms with Crippen LogP contribution in [0, 0.1) is 0 Å². The fourth-order valence-electron chi connectivity index (χ4n) is 0.0680. The average molecular weight is 149 g/mol. The first-order valence-electron chi connectivity index (χ1n) is 1.45. The van der Waals surface area contributed by atoms with Crippen LogP contribution in [0.15, 0.2) is 23.1 Å². The Kier molecular flexibility index (Phi) is 2.91. The van der Waals surface area contributed by atoms with Gasteiger partial charge in [0.1, 0.15) is 0 Å². The summed E-state index contributed by atoms with van der Waals surface area (Å²) in [7, 11) is 0. The van der Waals surface area contributed by atoms with Crippen LogP contribution in [0.25, 0.3) is 0 Å². The van der Waals surface area contributed by atoms with E-state index in [9.17, 15) is 3.83 Å². The first-order chi connectivity index (χ1) is 2.81. The molecule has 0 aliphatic rings. The summed E-state index contributed by atoms with van der Waals surface area (Å²) in [4.78, 5) is 2.85. The molecule has 0 atom stereocenters. The molecule has 0 aliphatic carbocycles. The number of hydrogen-bond donors (Lipinski definition) is 0. The molecule has 0 unspecified atom stereocenters. The molecule has 0 saturated heterocycles. The van der Waals surface area contributed by atoms with Gasteiger partial charge in [0, 0.05) is 0 Å². The monoisotopic (exact) mass is 150 g/mol. The summed E-state index contributed by atoms with van der Waals surface area (Å²) in [6.45, 7) is 6.61. The number of rotatable bonds is 2. The molecule has 0 aromatic rings. The van der Waals surface area contributed by atoms with Crippen molar-refractivity contribution in [3.8, 4) is 0 Å². The van der Waals surface area contributed by atoms with Crippen LogP contribution in [-0.4, -0.2) is 13.8 Å². The summed E-state index contributed by atoms with van der Waals surface area (Å²) in [6, 6.07) is 0. The quantitative estimate of drug-likeness (QED) is 0.532. The minimum atomic E-state index is -1.77. The Morgan fingerprint density at radius 1 is 1.33 bits per heavy atom. The number of hydrogen-bond acceptors (Lipinski definition) is 1. The van der Waals surface area contributed by atoms with E-state index in [0.29, 0.717) is 0 Å². The van der Waals surface area contributed by atoms with E-state index in [2.05, 4.69) is 13.2 Å². The van der Waals surface area contributed by atoms with Crippen LogP contribution >= 0.6 is 0 Å². The Morgan fingerprint density at radius 3 is 1.67 bits per heavy atom. The SMILES string of the molecule is C=C[Se](=O)C=C. The molecular formula is C4H6OSe. The topological polar surface area (TPSA) is 17.1 Å². The molecule has 1 nitrogen and oxygen atoms in total. The van der Waals surface area contributed by atoms with Gasteiger partial charge < -0.3 is 0 Å². The van der Waals surface area contributed by atoms with Gasteiger partial charge >= 0.3 is 40.8 Å². The molecule has 0 fully saturated rings. The molecule has 0 N–H and O–H groups in total. The zero-order chi connectivity index (χ0) is 4.99. The molecular weight excluding hydrogens is 143 g/mol. The molecule has 0 aromatic carbocycles.